The Morgan fingerprint density at radius 2 is 0.785 bits per heavy atom. The second-order valence-electron chi connectivity index (χ2n) is 15.9. The van der Waals surface area contributed by atoms with E-state index in [0.29, 0.717) is 23.5 Å². The number of azo groups is 2. The summed E-state index contributed by atoms with van der Waals surface area (Å²) in [6.45, 7) is 0. The third-order valence-electron chi connectivity index (χ3n) is 10.9. The zero-order chi connectivity index (χ0) is 57.1. The van der Waals surface area contributed by atoms with E-state index in [-0.39, 0.29) is 38.3 Å². The van der Waals surface area contributed by atoms with Crippen molar-refractivity contribution in [3.05, 3.63) is 154 Å². The van der Waals surface area contributed by atoms with Gasteiger partial charge in [0, 0.05) is 62.4 Å². The second-order valence-corrected chi connectivity index (χ2v) is 22.5. The van der Waals surface area contributed by atoms with Crippen LogP contribution >= 0.6 is 0 Å². The number of hydrogen-bond donors (Lipinski definition) is 10. The Kier molecular flexibility index (Phi) is 17.7. The Morgan fingerprint density at radius 1 is 0.443 bits per heavy atom. The third-order valence-corrected chi connectivity index (χ3v) is 15.5. The Labute approximate surface area is 456 Å². The van der Waals surface area contributed by atoms with Gasteiger partial charge in [0.1, 0.15) is 32.5 Å². The molecule has 0 aliphatic carbocycles. The summed E-state index contributed by atoms with van der Waals surface area (Å²) >= 11 is 0. The number of nitro benzene ring substituents is 2. The molecule has 0 saturated heterocycles. The van der Waals surface area contributed by atoms with Crippen molar-refractivity contribution < 1.29 is 89.8 Å². The SMILES string of the molecule is CNS(=O)(=O)c1cc(N=Nc2c(S(=O)(=O)O)cc3cc(Nc4ccccc4)ccc3c2O)c(O)c([N+](=O)[O-])c1.CNS(=O)(=O)c1cc(N=Nc2c(S(=O)(=O)O)cc3cc(Nc4ccccc4)ccc3c2O)c(O)c([N+](=O)[O-])c1.[Co]. The molecule has 0 aromatic heterocycles. The molecule has 79 heavy (non-hydrogen) atoms. The number of fused-ring (bicyclic) bond motifs is 2. The number of rotatable bonds is 16. The molecule has 28 nitrogen and oxygen atoms in total. The molecule has 10 N–H and O–H groups in total. The van der Waals surface area contributed by atoms with Crippen LogP contribution in [0, 0.1) is 20.2 Å². The van der Waals surface area contributed by atoms with E-state index in [1.54, 1.807) is 60.7 Å². The Bertz CT molecular complexity index is 4000. The van der Waals surface area contributed by atoms with Gasteiger partial charge in [0.25, 0.3) is 20.2 Å². The summed E-state index contributed by atoms with van der Waals surface area (Å²) in [5.74, 6) is -3.57. The maximum absolute atomic E-state index is 12.2. The summed E-state index contributed by atoms with van der Waals surface area (Å²) in [6.07, 6.45) is 0. The van der Waals surface area contributed by atoms with Crippen LogP contribution in [0.3, 0.4) is 0 Å². The van der Waals surface area contributed by atoms with Gasteiger partial charge < -0.3 is 31.1 Å². The monoisotopic (exact) mass is 1210 g/mol. The van der Waals surface area contributed by atoms with Gasteiger partial charge in [-0.05, 0) is 110 Å². The van der Waals surface area contributed by atoms with Gasteiger partial charge in [-0.25, -0.2) is 26.3 Å². The molecule has 33 heteroatoms. The summed E-state index contributed by atoms with van der Waals surface area (Å²) in [7, 11) is -16.3. The fourth-order valence-electron chi connectivity index (χ4n) is 7.16. The molecule has 0 heterocycles. The van der Waals surface area contributed by atoms with E-state index >= 15 is 0 Å². The molecule has 0 aliphatic heterocycles. The Morgan fingerprint density at radius 3 is 1.09 bits per heavy atom. The fraction of sp³-hybridized carbons (Fsp3) is 0.0435. The molecule has 413 valence electrons. The van der Waals surface area contributed by atoms with Gasteiger partial charge in [0.15, 0.2) is 11.5 Å². The maximum atomic E-state index is 12.2. The number of nitrogens with one attached hydrogen (secondary N) is 4. The van der Waals surface area contributed by atoms with Crippen molar-refractivity contribution in [2.45, 2.75) is 19.6 Å². The average Bonchev–Trinajstić information content (AvgIpc) is 3.39. The summed E-state index contributed by atoms with van der Waals surface area (Å²) in [5, 5.41) is 86.2. The molecule has 8 rings (SSSR count). The molecule has 0 atom stereocenters. The molecule has 1 radical (unpaired) electrons. The van der Waals surface area contributed by atoms with Crippen molar-refractivity contribution in [3.8, 4) is 23.0 Å². The minimum Gasteiger partial charge on any atom is -0.505 e. The van der Waals surface area contributed by atoms with Gasteiger partial charge >= 0.3 is 11.4 Å². The summed E-state index contributed by atoms with van der Waals surface area (Å²) in [4.78, 5) is 17.6. The predicted octanol–water partition coefficient (Wildman–Crippen LogP) is 8.94. The number of phenols is 4. The molecule has 8 aromatic rings. The van der Waals surface area contributed by atoms with Crippen LogP contribution in [0.5, 0.6) is 23.0 Å². The number of hydrogen-bond acceptors (Lipinski definition) is 22. The molecule has 0 saturated carbocycles. The van der Waals surface area contributed by atoms with E-state index in [2.05, 4.69) is 31.1 Å². The molecular weight excluding hydrogens is 1170 g/mol. The number of sulfonamides is 2. The first-order valence-corrected chi connectivity index (χ1v) is 27.4. The quantitative estimate of drug-likeness (QED) is 0.0187. The van der Waals surface area contributed by atoms with Gasteiger partial charge in [-0.1, -0.05) is 36.4 Å². The molecule has 0 bridgehead atoms. The summed E-state index contributed by atoms with van der Waals surface area (Å²) in [6, 6.07) is 31.9. The largest absolute Gasteiger partial charge is 0.505 e. The van der Waals surface area contributed by atoms with Crippen LogP contribution in [-0.4, -0.2) is 87.1 Å². The predicted molar refractivity (Wildman–Crippen MR) is 281 cm³/mol. The molecule has 0 unspecified atom stereocenters. The van der Waals surface area contributed by atoms with E-state index in [0.717, 1.165) is 49.7 Å². The minimum atomic E-state index is -5.00. The fourth-order valence-corrected chi connectivity index (χ4v) is 10.0. The van der Waals surface area contributed by atoms with Crippen molar-refractivity contribution in [3.63, 3.8) is 0 Å². The Hall–Kier alpha value is -8.77. The van der Waals surface area contributed by atoms with Crippen LogP contribution in [0.1, 0.15) is 0 Å². The number of benzene rings is 8. The van der Waals surface area contributed by atoms with Gasteiger partial charge in [-0.15, -0.1) is 20.5 Å². The van der Waals surface area contributed by atoms with Crippen LogP contribution in [0.2, 0.25) is 0 Å². The number of aromatic hydroxyl groups is 4. The number of nitrogens with zero attached hydrogens (tertiary/aromatic N) is 6. The van der Waals surface area contributed by atoms with E-state index in [1.165, 1.54) is 24.3 Å². The zero-order valence-corrected chi connectivity index (χ0v) is 44.2. The molecule has 0 spiro atoms. The maximum Gasteiger partial charge on any atom is 0.314 e. The zero-order valence-electron chi connectivity index (χ0n) is 39.9. The first-order valence-electron chi connectivity index (χ1n) is 21.6. The van der Waals surface area contributed by atoms with E-state index in [1.807, 2.05) is 21.6 Å². The van der Waals surface area contributed by atoms with Crippen LogP contribution in [0.4, 0.5) is 56.9 Å². The second kappa shape index (κ2) is 23.4. The standard InChI is InChI=1S/2C23H19N5O9S2.Co/c2*1-24-38(33,34)16-11-18(23(30)19(12-16)28(31)32)26-27-21-20(39(35,36)37)10-13-9-15(7-8-17(13)22(21)29)25-14-5-3-2-4-6-14;/h2*2-12,24-25,29-30H,1H3,(H,35,36,37);. The topological polar surface area (TPSA) is 442 Å². The van der Waals surface area contributed by atoms with Crippen molar-refractivity contribution in [1.82, 2.24) is 9.44 Å². The Balaban J connectivity index is 0.000000252. The molecule has 0 aliphatic rings. The van der Waals surface area contributed by atoms with Crippen molar-refractivity contribution >= 4 is 119 Å². The van der Waals surface area contributed by atoms with Crippen molar-refractivity contribution in [2.24, 2.45) is 20.5 Å². The number of nitro groups is 2. The van der Waals surface area contributed by atoms with Crippen LogP contribution in [-0.2, 0) is 57.1 Å². The van der Waals surface area contributed by atoms with Gasteiger partial charge in [0.05, 0.1) is 19.6 Å². The number of para-hydroxylation sites is 2. The number of anilines is 4. The van der Waals surface area contributed by atoms with Crippen molar-refractivity contribution in [2.75, 3.05) is 24.7 Å². The van der Waals surface area contributed by atoms with Gasteiger partial charge in [-0.2, -0.15) is 16.8 Å². The third kappa shape index (κ3) is 13.3. The molecule has 8 aromatic carbocycles. The smallest absolute Gasteiger partial charge is 0.314 e. The molecule has 0 amide bonds. The van der Waals surface area contributed by atoms with E-state index in [4.69, 9.17) is 0 Å². The first-order chi connectivity index (χ1) is 36.6. The average molecular weight is 1210 g/mol. The van der Waals surface area contributed by atoms with E-state index in [9.17, 15) is 83.4 Å². The van der Waals surface area contributed by atoms with Crippen LogP contribution in [0.15, 0.2) is 173 Å². The summed E-state index contributed by atoms with van der Waals surface area (Å²) < 4.78 is 121. The van der Waals surface area contributed by atoms with Gasteiger partial charge in [0.2, 0.25) is 31.5 Å². The molecular formula is C46H38CoN10O18S4. The van der Waals surface area contributed by atoms with Crippen LogP contribution < -0.4 is 20.1 Å². The van der Waals surface area contributed by atoms with Crippen molar-refractivity contribution in [1.29, 1.82) is 0 Å². The van der Waals surface area contributed by atoms with E-state index < -0.39 is 127 Å². The molecule has 0 fully saturated rings. The number of phenolic OH excluding ortho intramolecular Hbond substituents is 4. The minimum absolute atomic E-state index is 0. The normalized spacial score (nSPS) is 12.0. The summed E-state index contributed by atoms with van der Waals surface area (Å²) in [5.41, 5.74) is -2.45. The van der Waals surface area contributed by atoms with Gasteiger partial charge in [-0.3, -0.25) is 29.3 Å². The first kappa shape index (κ1) is 59.5. The van der Waals surface area contributed by atoms with Crippen LogP contribution in [0.25, 0.3) is 21.5 Å².